The van der Waals surface area contributed by atoms with Gasteiger partial charge in [0, 0.05) is 12.5 Å². The zero-order chi connectivity index (χ0) is 12.7. The van der Waals surface area contributed by atoms with Crippen molar-refractivity contribution in [3.8, 4) is 0 Å². The van der Waals surface area contributed by atoms with Crippen molar-refractivity contribution in [2.75, 3.05) is 6.54 Å². The summed E-state index contributed by atoms with van der Waals surface area (Å²) in [6, 6.07) is -0.111. The summed E-state index contributed by atoms with van der Waals surface area (Å²) in [5.74, 6) is -1.15. The molecule has 0 fully saturated rings. The molecule has 0 aromatic heterocycles. The normalized spacial score (nSPS) is 13.1. The molecule has 1 unspecified atom stereocenters. The lowest BCUT2D eigenvalue weighted by Gasteiger charge is -2.32. The van der Waals surface area contributed by atoms with Gasteiger partial charge in [0.05, 0.1) is 6.04 Å². The van der Waals surface area contributed by atoms with Crippen molar-refractivity contribution < 1.29 is 14.7 Å². The predicted octanol–water partition coefficient (Wildman–Crippen LogP) is 0.826. The first-order valence-electron chi connectivity index (χ1n) is 5.67. The Morgan fingerprint density at radius 2 is 1.94 bits per heavy atom. The SMILES string of the molecule is CCC(C(N)=O)N(CCCC(=O)O)C(C)C. The Morgan fingerprint density at radius 1 is 1.38 bits per heavy atom. The molecule has 0 heterocycles. The van der Waals surface area contributed by atoms with Gasteiger partial charge in [-0.1, -0.05) is 6.92 Å². The van der Waals surface area contributed by atoms with Gasteiger partial charge in [-0.3, -0.25) is 14.5 Å². The van der Waals surface area contributed by atoms with Gasteiger partial charge in [0.1, 0.15) is 0 Å². The number of nitrogens with two attached hydrogens (primary N) is 1. The van der Waals surface area contributed by atoms with Gasteiger partial charge >= 0.3 is 5.97 Å². The monoisotopic (exact) mass is 230 g/mol. The Labute approximate surface area is 96.6 Å². The molecular formula is C11H22N2O3. The molecule has 94 valence electrons. The van der Waals surface area contributed by atoms with E-state index in [0.717, 1.165) is 0 Å². The lowest BCUT2D eigenvalue weighted by molar-refractivity contribution is -0.137. The minimum atomic E-state index is -0.809. The van der Waals surface area contributed by atoms with Crippen LogP contribution in [0.4, 0.5) is 0 Å². The van der Waals surface area contributed by atoms with Crippen LogP contribution in [0.2, 0.25) is 0 Å². The van der Waals surface area contributed by atoms with E-state index in [4.69, 9.17) is 10.8 Å². The fourth-order valence-corrected chi connectivity index (χ4v) is 1.79. The van der Waals surface area contributed by atoms with Crippen LogP contribution in [0.5, 0.6) is 0 Å². The molecule has 16 heavy (non-hydrogen) atoms. The maximum atomic E-state index is 11.2. The molecule has 0 spiro atoms. The third kappa shape index (κ3) is 5.11. The van der Waals surface area contributed by atoms with Crippen molar-refractivity contribution in [3.05, 3.63) is 0 Å². The fraction of sp³-hybridized carbons (Fsp3) is 0.818. The van der Waals surface area contributed by atoms with Gasteiger partial charge in [0.2, 0.25) is 5.91 Å². The van der Waals surface area contributed by atoms with E-state index in [-0.39, 0.29) is 24.4 Å². The van der Waals surface area contributed by atoms with Crippen LogP contribution in [0, 0.1) is 0 Å². The quantitative estimate of drug-likeness (QED) is 0.646. The van der Waals surface area contributed by atoms with Crippen molar-refractivity contribution in [2.45, 2.75) is 52.1 Å². The van der Waals surface area contributed by atoms with E-state index in [1.807, 2.05) is 25.7 Å². The lowest BCUT2D eigenvalue weighted by Crippen LogP contribution is -2.48. The Balaban J connectivity index is 4.36. The molecule has 0 aliphatic rings. The lowest BCUT2D eigenvalue weighted by atomic mass is 10.1. The van der Waals surface area contributed by atoms with Crippen molar-refractivity contribution in [2.24, 2.45) is 5.73 Å². The molecule has 0 aromatic rings. The number of primary amides is 1. The average Bonchev–Trinajstić information content (AvgIpc) is 2.15. The van der Waals surface area contributed by atoms with E-state index in [0.29, 0.717) is 19.4 Å². The van der Waals surface area contributed by atoms with E-state index in [1.54, 1.807) is 0 Å². The summed E-state index contributed by atoms with van der Waals surface area (Å²) >= 11 is 0. The summed E-state index contributed by atoms with van der Waals surface area (Å²) in [6.07, 6.45) is 1.32. The molecule has 0 aliphatic carbocycles. The Hall–Kier alpha value is -1.10. The van der Waals surface area contributed by atoms with E-state index in [9.17, 15) is 9.59 Å². The second kappa shape index (κ2) is 7.22. The van der Waals surface area contributed by atoms with Gasteiger partial charge in [-0.2, -0.15) is 0 Å². The summed E-state index contributed by atoms with van der Waals surface area (Å²) in [5, 5.41) is 8.56. The molecule has 0 saturated carbocycles. The minimum absolute atomic E-state index is 0.123. The third-order valence-electron chi connectivity index (χ3n) is 2.59. The first-order valence-corrected chi connectivity index (χ1v) is 5.67. The third-order valence-corrected chi connectivity index (χ3v) is 2.59. The van der Waals surface area contributed by atoms with Gasteiger partial charge in [0.15, 0.2) is 0 Å². The fourth-order valence-electron chi connectivity index (χ4n) is 1.79. The summed E-state index contributed by atoms with van der Waals surface area (Å²) < 4.78 is 0. The summed E-state index contributed by atoms with van der Waals surface area (Å²) in [5.41, 5.74) is 5.32. The second-order valence-corrected chi connectivity index (χ2v) is 4.16. The number of hydrogen-bond acceptors (Lipinski definition) is 3. The van der Waals surface area contributed by atoms with E-state index >= 15 is 0 Å². The Kier molecular flexibility index (Phi) is 6.72. The van der Waals surface area contributed by atoms with Crippen LogP contribution in [0.3, 0.4) is 0 Å². The number of rotatable bonds is 8. The molecule has 0 rings (SSSR count). The second-order valence-electron chi connectivity index (χ2n) is 4.16. The Bertz CT molecular complexity index is 241. The van der Waals surface area contributed by atoms with Crippen LogP contribution < -0.4 is 5.73 Å². The molecule has 0 aliphatic heterocycles. The standard InChI is InChI=1S/C11H22N2O3/c1-4-9(11(12)16)13(8(2)3)7-5-6-10(14)15/h8-9H,4-7H2,1-3H3,(H2,12,16)(H,14,15). The number of carboxylic acids is 1. The van der Waals surface area contributed by atoms with Crippen LogP contribution >= 0.6 is 0 Å². The molecule has 0 radical (unpaired) electrons. The highest BCUT2D eigenvalue weighted by atomic mass is 16.4. The molecule has 1 atom stereocenters. The number of hydrogen-bond donors (Lipinski definition) is 2. The molecule has 3 N–H and O–H groups in total. The highest BCUT2D eigenvalue weighted by molar-refractivity contribution is 5.79. The van der Waals surface area contributed by atoms with E-state index < -0.39 is 5.97 Å². The maximum absolute atomic E-state index is 11.2. The van der Waals surface area contributed by atoms with Crippen LogP contribution in [0.1, 0.15) is 40.0 Å². The van der Waals surface area contributed by atoms with Gasteiger partial charge in [0.25, 0.3) is 0 Å². The molecule has 5 heteroatoms. The van der Waals surface area contributed by atoms with Crippen LogP contribution in [0.15, 0.2) is 0 Å². The van der Waals surface area contributed by atoms with Gasteiger partial charge in [-0.05, 0) is 33.2 Å². The minimum Gasteiger partial charge on any atom is -0.481 e. The smallest absolute Gasteiger partial charge is 0.303 e. The largest absolute Gasteiger partial charge is 0.481 e. The summed E-state index contributed by atoms with van der Waals surface area (Å²) in [6.45, 7) is 6.45. The van der Waals surface area contributed by atoms with E-state index in [1.165, 1.54) is 0 Å². The molecule has 0 aromatic carbocycles. The predicted molar refractivity (Wildman–Crippen MR) is 62.0 cm³/mol. The van der Waals surface area contributed by atoms with E-state index in [2.05, 4.69) is 0 Å². The van der Waals surface area contributed by atoms with Crippen molar-refractivity contribution in [1.29, 1.82) is 0 Å². The van der Waals surface area contributed by atoms with Crippen molar-refractivity contribution in [1.82, 2.24) is 4.90 Å². The van der Waals surface area contributed by atoms with Crippen LogP contribution in [-0.2, 0) is 9.59 Å². The topological polar surface area (TPSA) is 83.6 Å². The number of amides is 1. The van der Waals surface area contributed by atoms with Gasteiger partial charge in [-0.15, -0.1) is 0 Å². The van der Waals surface area contributed by atoms with Crippen molar-refractivity contribution >= 4 is 11.9 Å². The van der Waals surface area contributed by atoms with Crippen LogP contribution in [0.25, 0.3) is 0 Å². The molecule has 1 amide bonds. The number of carbonyl (C=O) groups is 2. The highest BCUT2D eigenvalue weighted by Crippen LogP contribution is 2.10. The number of nitrogens with zero attached hydrogens (tertiary/aromatic N) is 1. The average molecular weight is 230 g/mol. The number of carboxylic acid groups (broad SMARTS) is 1. The number of carbonyl (C=O) groups excluding carboxylic acids is 1. The Morgan fingerprint density at radius 3 is 2.25 bits per heavy atom. The zero-order valence-corrected chi connectivity index (χ0v) is 10.3. The molecular weight excluding hydrogens is 208 g/mol. The summed E-state index contributed by atoms with van der Waals surface area (Å²) in [4.78, 5) is 23.6. The van der Waals surface area contributed by atoms with Gasteiger partial charge in [-0.25, -0.2) is 0 Å². The molecule has 0 saturated heterocycles. The first kappa shape index (κ1) is 14.9. The summed E-state index contributed by atoms with van der Waals surface area (Å²) in [7, 11) is 0. The highest BCUT2D eigenvalue weighted by Gasteiger charge is 2.23. The molecule has 5 nitrogen and oxygen atoms in total. The number of aliphatic carboxylic acids is 1. The zero-order valence-electron chi connectivity index (χ0n) is 10.3. The first-order chi connectivity index (χ1) is 7.40. The van der Waals surface area contributed by atoms with Crippen molar-refractivity contribution in [3.63, 3.8) is 0 Å². The maximum Gasteiger partial charge on any atom is 0.303 e. The molecule has 0 bridgehead atoms. The van der Waals surface area contributed by atoms with Gasteiger partial charge < -0.3 is 10.8 Å². The van der Waals surface area contributed by atoms with Crippen LogP contribution in [-0.4, -0.2) is 40.5 Å².